The topological polar surface area (TPSA) is 408 Å². The summed E-state index contributed by atoms with van der Waals surface area (Å²) in [6.07, 6.45) is 0. The van der Waals surface area contributed by atoms with Crippen molar-refractivity contribution in [3.05, 3.63) is 0 Å². The third-order valence-corrected chi connectivity index (χ3v) is 1.14. The molecule has 31 nitrogen and oxygen atoms in total. The first-order chi connectivity index (χ1) is 15.4. The van der Waals surface area contributed by atoms with Gasteiger partial charge in [-0.2, -0.15) is 5.53 Å². The van der Waals surface area contributed by atoms with Crippen molar-refractivity contribution in [1.29, 1.82) is 5.53 Å². The van der Waals surface area contributed by atoms with Crippen LogP contribution < -0.4 is 5.84 Å². The average molecular weight is 437 g/mol. The number of rotatable bonds is 14. The zero-order valence-electron chi connectivity index (χ0n) is 14.0. The molecule has 3 N–H and O–H groups in total. The lowest BCUT2D eigenvalue weighted by atomic mass is 12.3. The standard InChI is InChI=1S/H3N31/c1-3-5-7-9-11-13-15-17-19-21-23-25-27-29-31-30-28-26-24-22-20-18-16-14-12-10-8-6-4-2/h(H3,1,2,5,6,9,10,13,14,17,18,21,22,25,26,29,30). The molecule has 0 amide bonds. The molecule has 31 heavy (non-hydrogen) atoms. The number of nitrogens with zero attached hydrogens (tertiary/aromatic N) is 29. The van der Waals surface area contributed by atoms with E-state index in [0.29, 0.717) is 0 Å². The van der Waals surface area contributed by atoms with Crippen LogP contribution in [-0.2, 0) is 0 Å². The molecule has 0 spiro atoms. The second kappa shape index (κ2) is 23.8. The summed E-state index contributed by atoms with van der Waals surface area (Å²) in [6.45, 7) is 0. The molecule has 0 aromatic heterocycles. The van der Waals surface area contributed by atoms with Crippen molar-refractivity contribution in [3.8, 4) is 0 Å². The van der Waals surface area contributed by atoms with Crippen LogP contribution in [0.3, 0.4) is 0 Å². The van der Waals surface area contributed by atoms with E-state index in [-0.39, 0.29) is 0 Å². The fraction of sp³-hybridized carbons (Fsp3) is 0. The first-order valence-electron chi connectivity index (χ1n) is 6.08. The first kappa shape index (κ1) is 24.8. The van der Waals surface area contributed by atoms with Gasteiger partial charge in [-0.05, 0) is 78.3 Å². The Balaban J connectivity index is 3.97. The normalized spacial score (nSPS) is 14.8. The lowest BCUT2D eigenvalue weighted by molar-refractivity contribution is 0.729. The van der Waals surface area contributed by atoms with Gasteiger partial charge in [0, 0.05) is 67.9 Å². The lowest BCUT2D eigenvalue weighted by Crippen LogP contribution is -1.70. The maximum Gasteiger partial charge on any atom is 0 e. The average Bonchev–Trinajstić information content (AvgIpc) is 2.78. The second-order valence-electron chi connectivity index (χ2n) is 2.63. The van der Waals surface area contributed by atoms with E-state index >= 15 is 0 Å². The predicted molar refractivity (Wildman–Crippen MR) is 77.3 cm³/mol. The van der Waals surface area contributed by atoms with E-state index in [4.69, 9.17) is 5.53 Å². The summed E-state index contributed by atoms with van der Waals surface area (Å²) in [5, 5.41) is 85.2. The van der Waals surface area contributed by atoms with Crippen molar-refractivity contribution in [1.82, 2.24) is 0 Å². The van der Waals surface area contributed by atoms with Crippen molar-refractivity contribution in [2.24, 2.45) is 157 Å². The van der Waals surface area contributed by atoms with E-state index < -0.39 is 0 Å². The van der Waals surface area contributed by atoms with E-state index in [1.807, 2.05) is 0 Å². The lowest BCUT2D eigenvalue weighted by Gasteiger charge is -1.70. The van der Waals surface area contributed by atoms with E-state index in [1.165, 1.54) is 0 Å². The Kier molecular flexibility index (Phi) is 19.0. The summed E-state index contributed by atoms with van der Waals surface area (Å²) >= 11 is 0. The van der Waals surface area contributed by atoms with Crippen LogP contribution in [0, 0.1) is 5.53 Å². The summed E-state index contributed by atoms with van der Waals surface area (Å²) in [6, 6.07) is 0. The van der Waals surface area contributed by atoms with Crippen molar-refractivity contribution in [3.63, 3.8) is 0 Å². The minimum Gasteiger partial charge on any atom is -0.303 e. The van der Waals surface area contributed by atoms with Crippen molar-refractivity contribution < 1.29 is 0 Å². The van der Waals surface area contributed by atoms with Gasteiger partial charge < -0.3 is 5.84 Å². The molecule has 0 aromatic rings. The predicted octanol–water partition coefficient (Wildman–Crippen LogP) is 5.03. The maximum atomic E-state index is 6.23. The Morgan fingerprint density at radius 1 is 0.258 bits per heavy atom. The molecule has 0 saturated heterocycles. The minimum atomic E-state index is 2.50. The summed E-state index contributed by atoms with van der Waals surface area (Å²) in [4.78, 5) is 0. The number of hydrogen-bond donors (Lipinski definition) is 2. The van der Waals surface area contributed by atoms with Gasteiger partial charge >= 0.3 is 0 Å². The Hall–Kier alpha value is -6.20. The van der Waals surface area contributed by atoms with Gasteiger partial charge in [0.25, 0.3) is 0 Å². The molecule has 0 aromatic carbocycles. The number of nitrogens with one attached hydrogen (secondary N) is 1. The molecular weight excluding hydrogens is 434 g/mol. The minimum absolute atomic E-state index is 2.50. The van der Waals surface area contributed by atoms with E-state index in [2.05, 4.69) is 157 Å². The second-order valence-corrected chi connectivity index (χ2v) is 2.63. The molecular formula is H3N31. The van der Waals surface area contributed by atoms with Gasteiger partial charge in [-0.15, -0.1) is 0 Å². The van der Waals surface area contributed by atoms with Gasteiger partial charge in [-0.1, -0.05) is 5.22 Å². The highest BCUT2D eigenvalue weighted by atomic mass is 15.7. The molecule has 0 aliphatic rings. The van der Waals surface area contributed by atoms with Crippen LogP contribution in [0.5, 0.6) is 0 Å². The monoisotopic (exact) mass is 437 g/mol. The highest BCUT2D eigenvalue weighted by Gasteiger charge is 1.72. The molecule has 0 heterocycles. The van der Waals surface area contributed by atoms with Gasteiger partial charge in [0.2, 0.25) is 0 Å². The smallest absolute Gasteiger partial charge is 0 e. The van der Waals surface area contributed by atoms with Crippen LogP contribution in [0.2, 0.25) is 0 Å². The molecule has 0 rings (SSSR count). The number of nitrogens with two attached hydrogens (primary N) is 1. The molecule has 0 unspecified atom stereocenters. The summed E-state index contributed by atoms with van der Waals surface area (Å²) in [5.74, 6) is 4.61. The van der Waals surface area contributed by atoms with Crippen LogP contribution in [0.1, 0.15) is 0 Å². The highest BCUT2D eigenvalue weighted by Crippen LogP contribution is 1.91. The van der Waals surface area contributed by atoms with Crippen LogP contribution in [0.4, 0.5) is 0 Å². The molecule has 31 heteroatoms. The van der Waals surface area contributed by atoms with E-state index in [1.54, 1.807) is 0 Å². The van der Waals surface area contributed by atoms with Gasteiger partial charge in [0.1, 0.15) is 0 Å². The van der Waals surface area contributed by atoms with Gasteiger partial charge in [-0.3, -0.25) is 0 Å². The van der Waals surface area contributed by atoms with Crippen LogP contribution >= 0.6 is 0 Å². The fourth-order valence-electron chi connectivity index (χ4n) is 0.490. The van der Waals surface area contributed by atoms with Crippen LogP contribution in [0.15, 0.2) is 151 Å². The molecule has 158 valence electrons. The Morgan fingerprint density at radius 3 is 0.581 bits per heavy atom. The van der Waals surface area contributed by atoms with E-state index in [0.717, 1.165) is 0 Å². The maximum absolute atomic E-state index is 6.23. The SMILES string of the molecule is N=N/N=N/N=N/N=N/N=N/N=N/N=N/N=N/N=N/N=N/N=N/N=N/N=N/N=N/N=N/N. The molecule has 0 bridgehead atoms. The van der Waals surface area contributed by atoms with Gasteiger partial charge in [0.05, 0.1) is 0 Å². The fourth-order valence-corrected chi connectivity index (χ4v) is 0.490. The molecule has 0 fully saturated rings. The van der Waals surface area contributed by atoms with Gasteiger partial charge in [0.15, 0.2) is 0 Å². The third-order valence-electron chi connectivity index (χ3n) is 1.14. The van der Waals surface area contributed by atoms with Crippen molar-refractivity contribution in [2.45, 2.75) is 0 Å². The molecule has 0 atom stereocenters. The quantitative estimate of drug-likeness (QED) is 0.210. The summed E-state index contributed by atoms with van der Waals surface area (Å²) < 4.78 is 0. The zero-order valence-corrected chi connectivity index (χ0v) is 14.0. The highest BCUT2D eigenvalue weighted by molar-refractivity contribution is 4.15. The van der Waals surface area contributed by atoms with Gasteiger partial charge in [-0.25, -0.2) is 0 Å². The summed E-state index contributed by atoms with van der Waals surface area (Å²) in [7, 11) is 0. The zero-order chi connectivity index (χ0) is 22.5. The Bertz CT molecular complexity index is 846. The third kappa shape index (κ3) is 23.8. The first-order valence-corrected chi connectivity index (χ1v) is 6.08. The Labute approximate surface area is 164 Å². The number of hydrogen-bond acceptors (Lipinski definition) is 2. The molecule has 0 aliphatic heterocycles. The van der Waals surface area contributed by atoms with Crippen LogP contribution in [0.25, 0.3) is 0 Å². The van der Waals surface area contributed by atoms with E-state index in [9.17, 15) is 0 Å². The molecule has 0 saturated carbocycles. The molecule has 0 radical (unpaired) electrons. The largest absolute Gasteiger partial charge is 0.303 e. The molecule has 0 aliphatic carbocycles. The summed E-state index contributed by atoms with van der Waals surface area (Å²) in [5.41, 5.74) is 6.23. The Morgan fingerprint density at radius 2 is 0.419 bits per heavy atom. The van der Waals surface area contributed by atoms with Crippen molar-refractivity contribution in [2.75, 3.05) is 0 Å². The van der Waals surface area contributed by atoms with Crippen molar-refractivity contribution >= 4 is 0 Å². The van der Waals surface area contributed by atoms with Crippen LogP contribution in [-0.4, -0.2) is 0 Å².